The molecule has 0 amide bonds. The Morgan fingerprint density at radius 2 is 1.76 bits per heavy atom. The third kappa shape index (κ3) is 5.74. The van der Waals surface area contributed by atoms with Crippen molar-refractivity contribution in [3.8, 4) is 23.0 Å². The van der Waals surface area contributed by atoms with Gasteiger partial charge in [-0.15, -0.1) is 0 Å². The maximum atomic E-state index is 14.5. The molecule has 3 N–H and O–H groups in total. The summed E-state index contributed by atoms with van der Waals surface area (Å²) in [6.07, 6.45) is 0.973. The molecule has 13 heteroatoms. The quantitative estimate of drug-likeness (QED) is 0.339. The molecule has 0 radical (unpaired) electrons. The fraction of sp³-hybridized carbons (Fsp3) is 0.238. The van der Waals surface area contributed by atoms with E-state index in [2.05, 4.69) is 25.3 Å². The standard InChI is InChI=1S/C21H24FN5O6S/c1-5-33-15-8-6-7-14(18(15)27-34(28)29)25-20-13(22)11-23-21(26-20)24-12-9-16(30-2)19(32-4)17(10-12)31-3/h6-11,27H,5H2,1-4H3,(H,28,29)(H2,23,24,25,26)/p-1. The third-order valence-electron chi connectivity index (χ3n) is 4.43. The summed E-state index contributed by atoms with van der Waals surface area (Å²) in [5.74, 6) is 0.577. The van der Waals surface area contributed by atoms with Crippen LogP contribution in [0.5, 0.6) is 23.0 Å². The zero-order chi connectivity index (χ0) is 24.7. The number of ether oxygens (including phenoxy) is 4. The van der Waals surface area contributed by atoms with Gasteiger partial charge in [0.15, 0.2) is 23.1 Å². The van der Waals surface area contributed by atoms with Crippen LogP contribution in [-0.2, 0) is 11.3 Å². The van der Waals surface area contributed by atoms with Gasteiger partial charge in [0.05, 0.1) is 39.8 Å². The first-order valence-electron chi connectivity index (χ1n) is 9.88. The molecule has 0 spiro atoms. The lowest BCUT2D eigenvalue weighted by atomic mass is 10.2. The van der Waals surface area contributed by atoms with Crippen molar-refractivity contribution in [3.05, 3.63) is 42.3 Å². The largest absolute Gasteiger partial charge is 0.755 e. The first-order valence-corrected chi connectivity index (χ1v) is 11.0. The molecular formula is C21H23FN5O6S-. The van der Waals surface area contributed by atoms with E-state index >= 15 is 0 Å². The molecule has 0 bridgehead atoms. The Morgan fingerprint density at radius 1 is 1.06 bits per heavy atom. The van der Waals surface area contributed by atoms with Gasteiger partial charge in [0.25, 0.3) is 0 Å². The highest BCUT2D eigenvalue weighted by molar-refractivity contribution is 7.80. The molecule has 0 aliphatic carbocycles. The minimum Gasteiger partial charge on any atom is -0.755 e. The van der Waals surface area contributed by atoms with E-state index in [1.165, 1.54) is 21.3 Å². The van der Waals surface area contributed by atoms with Crippen LogP contribution in [0.3, 0.4) is 0 Å². The molecule has 0 aliphatic heterocycles. The summed E-state index contributed by atoms with van der Waals surface area (Å²) in [4.78, 5) is 8.13. The van der Waals surface area contributed by atoms with Gasteiger partial charge < -0.3 is 38.9 Å². The normalized spacial score (nSPS) is 11.4. The molecular weight excluding hydrogens is 469 g/mol. The van der Waals surface area contributed by atoms with Crippen molar-refractivity contribution in [3.63, 3.8) is 0 Å². The lowest BCUT2D eigenvalue weighted by molar-refractivity contribution is 0.324. The number of aromatic nitrogens is 2. The minimum absolute atomic E-state index is 0.0565. The number of hydrogen-bond acceptors (Lipinski definition) is 10. The van der Waals surface area contributed by atoms with Gasteiger partial charge in [0.1, 0.15) is 11.4 Å². The fourth-order valence-electron chi connectivity index (χ4n) is 3.02. The summed E-state index contributed by atoms with van der Waals surface area (Å²) in [5.41, 5.74) is 0.829. The van der Waals surface area contributed by atoms with Gasteiger partial charge >= 0.3 is 0 Å². The zero-order valence-electron chi connectivity index (χ0n) is 18.8. The number of nitrogens with one attached hydrogen (secondary N) is 3. The van der Waals surface area contributed by atoms with E-state index in [1.54, 1.807) is 37.3 Å². The molecule has 0 saturated heterocycles. The van der Waals surface area contributed by atoms with Crippen LogP contribution < -0.4 is 34.3 Å². The molecule has 0 fully saturated rings. The summed E-state index contributed by atoms with van der Waals surface area (Å²) in [5, 5.41) is 5.74. The lowest BCUT2D eigenvalue weighted by Gasteiger charge is -2.19. The van der Waals surface area contributed by atoms with Crippen molar-refractivity contribution < 1.29 is 32.1 Å². The van der Waals surface area contributed by atoms with E-state index < -0.39 is 17.1 Å². The van der Waals surface area contributed by atoms with Gasteiger partial charge in [-0.25, -0.2) is 9.37 Å². The topological polar surface area (TPSA) is 139 Å². The van der Waals surface area contributed by atoms with E-state index in [9.17, 15) is 13.2 Å². The number of benzene rings is 2. The molecule has 1 aromatic heterocycles. The van der Waals surface area contributed by atoms with E-state index in [4.69, 9.17) is 18.9 Å². The third-order valence-corrected chi connectivity index (χ3v) is 4.80. The molecule has 3 rings (SSSR count). The molecule has 2 aromatic carbocycles. The smallest absolute Gasteiger partial charge is 0.229 e. The number of methoxy groups -OCH3 is 3. The van der Waals surface area contributed by atoms with Gasteiger partial charge in [-0.2, -0.15) is 4.98 Å². The first-order chi connectivity index (χ1) is 16.4. The Kier molecular flexibility index (Phi) is 8.27. The second-order valence-electron chi connectivity index (χ2n) is 6.50. The highest BCUT2D eigenvalue weighted by Gasteiger charge is 2.16. The fourth-order valence-corrected chi connectivity index (χ4v) is 3.40. The van der Waals surface area contributed by atoms with E-state index in [0.717, 1.165) is 6.20 Å². The van der Waals surface area contributed by atoms with Crippen LogP contribution in [-0.4, -0.2) is 46.7 Å². The number of halogens is 1. The average molecular weight is 493 g/mol. The molecule has 0 saturated carbocycles. The van der Waals surface area contributed by atoms with E-state index in [1.807, 2.05) is 0 Å². The maximum Gasteiger partial charge on any atom is 0.229 e. The highest BCUT2D eigenvalue weighted by atomic mass is 32.2. The molecule has 1 heterocycles. The van der Waals surface area contributed by atoms with Crippen LogP contribution in [0.2, 0.25) is 0 Å². The predicted octanol–water partition coefficient (Wildman–Crippen LogP) is 3.73. The minimum atomic E-state index is -2.64. The maximum absolute atomic E-state index is 14.5. The van der Waals surface area contributed by atoms with Crippen LogP contribution in [0, 0.1) is 5.82 Å². The predicted molar refractivity (Wildman–Crippen MR) is 125 cm³/mol. The van der Waals surface area contributed by atoms with E-state index in [0.29, 0.717) is 29.5 Å². The number of para-hydroxylation sites is 1. The number of anilines is 5. The second-order valence-corrected chi connectivity index (χ2v) is 7.18. The number of nitrogens with zero attached hydrogens (tertiary/aromatic N) is 2. The number of hydrogen-bond donors (Lipinski definition) is 3. The van der Waals surface area contributed by atoms with Crippen molar-refractivity contribution in [1.29, 1.82) is 0 Å². The van der Waals surface area contributed by atoms with Gasteiger partial charge in [-0.05, 0) is 19.1 Å². The van der Waals surface area contributed by atoms with Crippen LogP contribution in [0.4, 0.5) is 33.2 Å². The van der Waals surface area contributed by atoms with Gasteiger partial charge in [-0.3, -0.25) is 4.21 Å². The lowest BCUT2D eigenvalue weighted by Crippen LogP contribution is -2.09. The van der Waals surface area contributed by atoms with Gasteiger partial charge in [0.2, 0.25) is 11.7 Å². The van der Waals surface area contributed by atoms with Crippen molar-refractivity contribution in [1.82, 2.24) is 9.97 Å². The molecule has 1 unspecified atom stereocenters. The van der Waals surface area contributed by atoms with Crippen molar-refractivity contribution in [2.24, 2.45) is 0 Å². The Labute approximate surface area is 198 Å². The number of rotatable bonds is 11. The monoisotopic (exact) mass is 492 g/mol. The molecule has 34 heavy (non-hydrogen) atoms. The summed E-state index contributed by atoms with van der Waals surface area (Å²) in [7, 11) is 4.45. The summed E-state index contributed by atoms with van der Waals surface area (Å²) in [6, 6.07) is 8.03. The molecule has 3 aromatic rings. The van der Waals surface area contributed by atoms with Gasteiger partial charge in [0, 0.05) is 29.1 Å². The van der Waals surface area contributed by atoms with Crippen LogP contribution in [0.15, 0.2) is 36.5 Å². The molecule has 11 nitrogen and oxygen atoms in total. The molecule has 0 aliphatic rings. The van der Waals surface area contributed by atoms with Crippen LogP contribution in [0.25, 0.3) is 0 Å². The Balaban J connectivity index is 1.94. The SMILES string of the molecule is CCOc1cccc(Nc2nc(Nc3cc(OC)c(OC)c(OC)c3)ncc2F)c1NS(=O)[O-]. The summed E-state index contributed by atoms with van der Waals surface area (Å²) < 4.78 is 60.8. The zero-order valence-corrected chi connectivity index (χ0v) is 19.6. The Hall–Kier alpha value is -3.84. The summed E-state index contributed by atoms with van der Waals surface area (Å²) >= 11 is -2.64. The first kappa shape index (κ1) is 24.8. The Bertz CT molecular complexity index is 1160. The van der Waals surface area contributed by atoms with Gasteiger partial charge in [-0.1, -0.05) is 6.07 Å². The van der Waals surface area contributed by atoms with Crippen molar-refractivity contribution >= 4 is 40.1 Å². The van der Waals surface area contributed by atoms with Crippen molar-refractivity contribution in [2.45, 2.75) is 6.92 Å². The van der Waals surface area contributed by atoms with E-state index in [-0.39, 0.29) is 28.9 Å². The van der Waals surface area contributed by atoms with Crippen LogP contribution >= 0.6 is 0 Å². The van der Waals surface area contributed by atoms with Crippen LogP contribution in [0.1, 0.15) is 6.92 Å². The molecule has 182 valence electrons. The average Bonchev–Trinajstić information content (AvgIpc) is 2.82. The Morgan fingerprint density at radius 3 is 2.35 bits per heavy atom. The highest BCUT2D eigenvalue weighted by Crippen LogP contribution is 2.40. The molecule has 1 atom stereocenters. The second kappa shape index (κ2) is 11.3. The summed E-state index contributed by atoms with van der Waals surface area (Å²) in [6.45, 7) is 2.05. The van der Waals surface area contributed by atoms with Crippen molar-refractivity contribution in [2.75, 3.05) is 43.3 Å².